The summed E-state index contributed by atoms with van der Waals surface area (Å²) in [5.41, 5.74) is 1.16. The minimum atomic E-state index is 0.152. The van der Waals surface area contributed by atoms with Gasteiger partial charge in [-0.25, -0.2) is 4.98 Å². The number of fused-ring (bicyclic) bond motifs is 1. The average Bonchev–Trinajstić information content (AvgIpc) is 2.75. The van der Waals surface area contributed by atoms with E-state index < -0.39 is 0 Å². The Balaban J connectivity index is 1.99. The third kappa shape index (κ3) is 2.14. The number of aryl methyl sites for hydroxylation is 1. The first-order valence-electron chi connectivity index (χ1n) is 6.66. The van der Waals surface area contributed by atoms with Crippen molar-refractivity contribution in [1.82, 2.24) is 14.9 Å². The first-order valence-corrected chi connectivity index (χ1v) is 6.66. The average molecular weight is 233 g/mol. The zero-order valence-electron chi connectivity index (χ0n) is 10.1. The van der Waals surface area contributed by atoms with E-state index in [9.17, 15) is 4.79 Å². The molecule has 1 unspecified atom stereocenters. The molecule has 0 radical (unpaired) electrons. The van der Waals surface area contributed by atoms with Crippen LogP contribution in [0, 0.1) is 0 Å². The fourth-order valence-electron chi connectivity index (χ4n) is 2.85. The summed E-state index contributed by atoms with van der Waals surface area (Å²) in [7, 11) is 0. The van der Waals surface area contributed by atoms with Crippen LogP contribution in [0.5, 0.6) is 0 Å². The van der Waals surface area contributed by atoms with Crippen LogP contribution in [0.25, 0.3) is 0 Å². The summed E-state index contributed by atoms with van der Waals surface area (Å²) >= 11 is 0. The molecular formula is C13H19N3O. The van der Waals surface area contributed by atoms with Crippen molar-refractivity contribution < 1.29 is 0 Å². The molecule has 92 valence electrons. The van der Waals surface area contributed by atoms with Gasteiger partial charge in [0.15, 0.2) is 0 Å². The van der Waals surface area contributed by atoms with Crippen LogP contribution in [-0.2, 0) is 13.0 Å². The fraction of sp³-hybridized carbons (Fsp3) is 0.692. The normalized spacial score (nSPS) is 24.4. The van der Waals surface area contributed by atoms with Crippen molar-refractivity contribution in [3.8, 4) is 0 Å². The molecule has 1 fully saturated rings. The first-order chi connectivity index (χ1) is 8.34. The Morgan fingerprint density at radius 1 is 1.35 bits per heavy atom. The smallest absolute Gasteiger partial charge is 0.253 e. The lowest BCUT2D eigenvalue weighted by Crippen LogP contribution is -2.25. The number of nitrogens with one attached hydrogen (secondary N) is 1. The van der Waals surface area contributed by atoms with Crippen LogP contribution in [0.4, 0.5) is 0 Å². The molecule has 1 saturated heterocycles. The van der Waals surface area contributed by atoms with E-state index in [1.807, 2.05) is 4.57 Å². The van der Waals surface area contributed by atoms with E-state index in [4.69, 9.17) is 4.98 Å². The summed E-state index contributed by atoms with van der Waals surface area (Å²) in [6, 6.07) is 1.76. The number of hydrogen-bond acceptors (Lipinski definition) is 3. The van der Waals surface area contributed by atoms with Crippen molar-refractivity contribution in [2.45, 2.75) is 44.6 Å². The lowest BCUT2D eigenvalue weighted by Gasteiger charge is -2.13. The van der Waals surface area contributed by atoms with Crippen LogP contribution in [0.3, 0.4) is 0 Å². The van der Waals surface area contributed by atoms with Gasteiger partial charge in [0.05, 0.1) is 5.69 Å². The number of hydrogen-bond donors (Lipinski definition) is 1. The highest BCUT2D eigenvalue weighted by Crippen LogP contribution is 2.20. The third-order valence-electron chi connectivity index (χ3n) is 3.87. The third-order valence-corrected chi connectivity index (χ3v) is 3.87. The quantitative estimate of drug-likeness (QED) is 0.788. The van der Waals surface area contributed by atoms with Gasteiger partial charge in [0.1, 0.15) is 5.82 Å². The molecule has 3 heterocycles. The van der Waals surface area contributed by atoms with Gasteiger partial charge < -0.3 is 5.32 Å². The molecule has 1 atom stereocenters. The fourth-order valence-corrected chi connectivity index (χ4v) is 2.85. The number of aromatic nitrogens is 2. The Kier molecular flexibility index (Phi) is 2.97. The van der Waals surface area contributed by atoms with Gasteiger partial charge >= 0.3 is 0 Å². The van der Waals surface area contributed by atoms with Gasteiger partial charge in [0, 0.05) is 31.5 Å². The molecule has 0 aromatic carbocycles. The first kappa shape index (κ1) is 11.0. The van der Waals surface area contributed by atoms with E-state index >= 15 is 0 Å². The van der Waals surface area contributed by atoms with Crippen LogP contribution in [-0.4, -0.2) is 22.6 Å². The molecule has 4 heteroatoms. The van der Waals surface area contributed by atoms with Gasteiger partial charge in [-0.1, -0.05) is 6.42 Å². The van der Waals surface area contributed by atoms with Crippen molar-refractivity contribution in [1.29, 1.82) is 0 Å². The molecule has 2 aliphatic heterocycles. The lowest BCUT2D eigenvalue weighted by molar-refractivity contribution is 0.597. The van der Waals surface area contributed by atoms with Gasteiger partial charge in [-0.3, -0.25) is 9.36 Å². The minimum absolute atomic E-state index is 0.152. The highest BCUT2D eigenvalue weighted by molar-refractivity contribution is 5.13. The van der Waals surface area contributed by atoms with Crippen LogP contribution in [0.15, 0.2) is 10.9 Å². The Hall–Kier alpha value is -1.16. The monoisotopic (exact) mass is 233 g/mol. The van der Waals surface area contributed by atoms with E-state index in [1.54, 1.807) is 6.07 Å². The maximum absolute atomic E-state index is 12.1. The molecule has 1 aromatic heterocycles. The van der Waals surface area contributed by atoms with Crippen LogP contribution >= 0.6 is 0 Å². The predicted molar refractivity (Wildman–Crippen MR) is 66.3 cm³/mol. The maximum Gasteiger partial charge on any atom is 0.253 e. The van der Waals surface area contributed by atoms with Gasteiger partial charge in [-0.15, -0.1) is 0 Å². The van der Waals surface area contributed by atoms with Crippen molar-refractivity contribution in [3.05, 3.63) is 27.9 Å². The Bertz CT molecular complexity index is 460. The zero-order valence-corrected chi connectivity index (χ0v) is 10.1. The lowest BCUT2D eigenvalue weighted by atomic mass is 10.0. The molecule has 2 aliphatic rings. The van der Waals surface area contributed by atoms with Crippen LogP contribution < -0.4 is 10.9 Å². The Labute approximate surface area is 101 Å². The molecule has 0 amide bonds. The molecular weight excluding hydrogens is 214 g/mol. The van der Waals surface area contributed by atoms with Crippen molar-refractivity contribution in [2.75, 3.05) is 13.1 Å². The Morgan fingerprint density at radius 3 is 3.12 bits per heavy atom. The van der Waals surface area contributed by atoms with Gasteiger partial charge in [-0.05, 0) is 25.8 Å². The van der Waals surface area contributed by atoms with E-state index in [1.165, 1.54) is 12.8 Å². The molecule has 1 aromatic rings. The van der Waals surface area contributed by atoms with Crippen molar-refractivity contribution in [2.24, 2.45) is 0 Å². The van der Waals surface area contributed by atoms with E-state index in [-0.39, 0.29) is 5.56 Å². The second kappa shape index (κ2) is 4.61. The standard InChI is InChI=1S/C13H19N3O/c17-13-8-11(10-5-6-14-9-10)15-12-4-2-1-3-7-16(12)13/h8,10,14H,1-7,9H2. The van der Waals surface area contributed by atoms with Crippen LogP contribution in [0.1, 0.15) is 43.1 Å². The van der Waals surface area contributed by atoms with E-state index in [2.05, 4.69) is 5.32 Å². The van der Waals surface area contributed by atoms with Crippen molar-refractivity contribution in [3.63, 3.8) is 0 Å². The summed E-state index contributed by atoms with van der Waals surface area (Å²) in [5.74, 6) is 1.45. The minimum Gasteiger partial charge on any atom is -0.316 e. The molecule has 0 spiro atoms. The highest BCUT2D eigenvalue weighted by Gasteiger charge is 2.20. The molecule has 17 heavy (non-hydrogen) atoms. The van der Waals surface area contributed by atoms with Crippen LogP contribution in [0.2, 0.25) is 0 Å². The summed E-state index contributed by atoms with van der Waals surface area (Å²) in [5, 5.41) is 3.33. The second-order valence-electron chi connectivity index (χ2n) is 5.09. The summed E-state index contributed by atoms with van der Waals surface area (Å²) < 4.78 is 1.87. The zero-order chi connectivity index (χ0) is 11.7. The molecule has 1 N–H and O–H groups in total. The molecule has 4 nitrogen and oxygen atoms in total. The van der Waals surface area contributed by atoms with E-state index in [0.717, 1.165) is 50.4 Å². The molecule has 0 saturated carbocycles. The largest absolute Gasteiger partial charge is 0.316 e. The van der Waals surface area contributed by atoms with Gasteiger partial charge in [0.25, 0.3) is 5.56 Å². The van der Waals surface area contributed by atoms with Gasteiger partial charge in [-0.2, -0.15) is 0 Å². The Morgan fingerprint density at radius 2 is 2.29 bits per heavy atom. The summed E-state index contributed by atoms with van der Waals surface area (Å²) in [6.07, 6.45) is 5.56. The highest BCUT2D eigenvalue weighted by atomic mass is 16.1. The van der Waals surface area contributed by atoms with Gasteiger partial charge in [0.2, 0.25) is 0 Å². The molecule has 3 rings (SSSR count). The van der Waals surface area contributed by atoms with E-state index in [0.29, 0.717) is 5.92 Å². The summed E-state index contributed by atoms with van der Waals surface area (Å²) in [6.45, 7) is 2.87. The second-order valence-corrected chi connectivity index (χ2v) is 5.09. The number of rotatable bonds is 1. The SMILES string of the molecule is O=c1cc(C2CCNC2)nc2n1CCCCC2. The maximum atomic E-state index is 12.1. The topological polar surface area (TPSA) is 46.9 Å². The van der Waals surface area contributed by atoms with Crippen molar-refractivity contribution >= 4 is 0 Å². The predicted octanol–water partition coefficient (Wildman–Crippen LogP) is 1.05. The summed E-state index contributed by atoms with van der Waals surface area (Å²) in [4.78, 5) is 16.8. The number of nitrogens with zero attached hydrogens (tertiary/aromatic N) is 2. The molecule has 0 bridgehead atoms. The molecule has 0 aliphatic carbocycles.